The standard InChI is InChI=1S/C24H19Br2N3O4/c1-14-7-9-15(10-8-14)13-33-22-19(32-2)11-16(20(25)21(22)26)12-27-29-23(30)17-5-3-4-6-18(17)28-24(29)31/h3-12H,13H2,1-2H3,(H,28,31). The molecule has 168 valence electrons. The molecule has 7 nitrogen and oxygen atoms in total. The number of hydrogen-bond donors (Lipinski definition) is 1. The SMILES string of the molecule is COc1cc(C=Nn2c(=O)[nH]c3ccccc3c2=O)c(Br)c(Br)c1OCc1ccc(C)cc1. The van der Waals surface area contributed by atoms with E-state index in [4.69, 9.17) is 9.47 Å². The maximum absolute atomic E-state index is 12.7. The fourth-order valence-corrected chi connectivity index (χ4v) is 4.14. The quantitative estimate of drug-likeness (QED) is 0.330. The van der Waals surface area contributed by atoms with Crippen LogP contribution < -0.4 is 20.7 Å². The van der Waals surface area contributed by atoms with Crippen LogP contribution in [0.2, 0.25) is 0 Å². The summed E-state index contributed by atoms with van der Waals surface area (Å²) in [6, 6.07) is 16.5. The molecule has 0 aliphatic rings. The summed E-state index contributed by atoms with van der Waals surface area (Å²) in [5.41, 5.74) is 2.10. The maximum atomic E-state index is 12.7. The first kappa shape index (κ1) is 23.0. The highest BCUT2D eigenvalue weighted by Gasteiger charge is 2.17. The number of methoxy groups -OCH3 is 1. The van der Waals surface area contributed by atoms with E-state index in [-0.39, 0.29) is 0 Å². The van der Waals surface area contributed by atoms with Gasteiger partial charge in [-0.15, -0.1) is 4.68 Å². The second-order valence-corrected chi connectivity index (χ2v) is 8.82. The van der Waals surface area contributed by atoms with Gasteiger partial charge in [-0.25, -0.2) is 4.79 Å². The van der Waals surface area contributed by atoms with E-state index in [1.165, 1.54) is 18.9 Å². The molecule has 0 radical (unpaired) electrons. The topological polar surface area (TPSA) is 85.7 Å². The summed E-state index contributed by atoms with van der Waals surface area (Å²) in [6.07, 6.45) is 1.41. The van der Waals surface area contributed by atoms with Gasteiger partial charge >= 0.3 is 5.69 Å². The van der Waals surface area contributed by atoms with Crippen LogP contribution in [0.4, 0.5) is 0 Å². The minimum absolute atomic E-state index is 0.358. The van der Waals surface area contributed by atoms with Crippen LogP contribution >= 0.6 is 31.9 Å². The minimum Gasteiger partial charge on any atom is -0.493 e. The molecule has 0 amide bonds. The Morgan fingerprint density at radius 1 is 1.06 bits per heavy atom. The number of ether oxygens (including phenoxy) is 2. The number of nitrogens with one attached hydrogen (secondary N) is 1. The highest BCUT2D eigenvalue weighted by atomic mass is 79.9. The fraction of sp³-hybridized carbons (Fsp3) is 0.125. The van der Waals surface area contributed by atoms with E-state index >= 15 is 0 Å². The van der Waals surface area contributed by atoms with Gasteiger partial charge in [-0.1, -0.05) is 42.0 Å². The van der Waals surface area contributed by atoms with Gasteiger partial charge in [0.25, 0.3) is 5.56 Å². The summed E-state index contributed by atoms with van der Waals surface area (Å²) in [4.78, 5) is 27.7. The summed E-state index contributed by atoms with van der Waals surface area (Å²) < 4.78 is 13.6. The molecule has 4 rings (SSSR count). The van der Waals surface area contributed by atoms with Crippen molar-refractivity contribution in [3.05, 3.63) is 101 Å². The molecule has 0 unspecified atom stereocenters. The predicted octanol–water partition coefficient (Wildman–Crippen LogP) is 4.99. The average Bonchev–Trinajstić information content (AvgIpc) is 2.81. The zero-order valence-electron chi connectivity index (χ0n) is 17.8. The summed E-state index contributed by atoms with van der Waals surface area (Å²) >= 11 is 7.08. The monoisotopic (exact) mass is 571 g/mol. The lowest BCUT2D eigenvalue weighted by atomic mass is 10.1. The molecule has 0 fully saturated rings. The summed E-state index contributed by atoms with van der Waals surface area (Å²) in [5.74, 6) is 0.987. The van der Waals surface area contributed by atoms with E-state index in [2.05, 4.69) is 41.9 Å². The van der Waals surface area contributed by atoms with Crippen LogP contribution in [0, 0.1) is 6.92 Å². The van der Waals surface area contributed by atoms with E-state index in [1.807, 2.05) is 31.2 Å². The first-order chi connectivity index (χ1) is 15.9. The average molecular weight is 573 g/mol. The molecule has 0 saturated heterocycles. The molecule has 0 saturated carbocycles. The third kappa shape index (κ3) is 4.79. The Balaban J connectivity index is 1.68. The summed E-state index contributed by atoms with van der Waals surface area (Å²) in [5, 5.41) is 4.49. The number of fused-ring (bicyclic) bond motifs is 1. The number of aryl methyl sites for hydroxylation is 1. The molecule has 0 spiro atoms. The van der Waals surface area contributed by atoms with Crippen LogP contribution in [-0.2, 0) is 6.61 Å². The van der Waals surface area contributed by atoms with E-state index in [9.17, 15) is 9.59 Å². The lowest BCUT2D eigenvalue weighted by Gasteiger charge is -2.15. The molecule has 0 aliphatic heterocycles. The van der Waals surface area contributed by atoms with Crippen LogP contribution in [-0.4, -0.2) is 23.0 Å². The van der Waals surface area contributed by atoms with E-state index < -0.39 is 11.2 Å². The van der Waals surface area contributed by atoms with E-state index in [1.54, 1.807) is 30.3 Å². The first-order valence-corrected chi connectivity index (χ1v) is 11.5. The van der Waals surface area contributed by atoms with Gasteiger partial charge in [0.05, 0.1) is 28.7 Å². The van der Waals surface area contributed by atoms with Crippen molar-refractivity contribution in [2.24, 2.45) is 5.10 Å². The van der Waals surface area contributed by atoms with Crippen molar-refractivity contribution < 1.29 is 9.47 Å². The van der Waals surface area contributed by atoms with Gasteiger partial charge in [0.15, 0.2) is 11.5 Å². The predicted molar refractivity (Wildman–Crippen MR) is 136 cm³/mol. The molecular weight excluding hydrogens is 554 g/mol. The molecule has 3 aromatic carbocycles. The number of nitrogens with zero attached hydrogens (tertiary/aromatic N) is 2. The van der Waals surface area contributed by atoms with Gasteiger partial charge < -0.3 is 14.5 Å². The molecule has 1 aromatic heterocycles. The normalized spacial score (nSPS) is 11.3. The van der Waals surface area contributed by atoms with Crippen molar-refractivity contribution in [3.63, 3.8) is 0 Å². The summed E-state index contributed by atoms with van der Waals surface area (Å²) in [6.45, 7) is 2.39. The molecule has 9 heteroatoms. The van der Waals surface area contributed by atoms with Gasteiger partial charge in [-0.05, 0) is 62.5 Å². The second-order valence-electron chi connectivity index (χ2n) is 7.24. The van der Waals surface area contributed by atoms with Crippen molar-refractivity contribution in [3.8, 4) is 11.5 Å². The Kier molecular flexibility index (Phi) is 6.80. The van der Waals surface area contributed by atoms with Crippen LogP contribution in [0.3, 0.4) is 0 Å². The van der Waals surface area contributed by atoms with Crippen molar-refractivity contribution in [2.45, 2.75) is 13.5 Å². The molecule has 4 aromatic rings. The molecule has 1 heterocycles. The number of benzene rings is 3. The Hall–Kier alpha value is -3.17. The smallest absolute Gasteiger partial charge is 0.349 e. The summed E-state index contributed by atoms with van der Waals surface area (Å²) in [7, 11) is 1.54. The minimum atomic E-state index is -0.629. The van der Waals surface area contributed by atoms with Crippen LogP contribution in [0.15, 0.2) is 78.2 Å². The van der Waals surface area contributed by atoms with Gasteiger partial charge in [-0.2, -0.15) is 5.10 Å². The zero-order valence-corrected chi connectivity index (χ0v) is 20.9. The lowest BCUT2D eigenvalue weighted by Crippen LogP contribution is -2.32. The van der Waals surface area contributed by atoms with Crippen molar-refractivity contribution >= 4 is 49.0 Å². The van der Waals surface area contributed by atoms with Crippen molar-refractivity contribution in [1.82, 2.24) is 9.66 Å². The first-order valence-electron chi connectivity index (χ1n) is 9.92. The number of hydrogen-bond acceptors (Lipinski definition) is 5. The largest absolute Gasteiger partial charge is 0.493 e. The molecule has 1 N–H and O–H groups in total. The van der Waals surface area contributed by atoms with Crippen LogP contribution in [0.5, 0.6) is 11.5 Å². The van der Waals surface area contributed by atoms with Crippen LogP contribution in [0.25, 0.3) is 10.9 Å². The fourth-order valence-electron chi connectivity index (χ4n) is 3.20. The highest BCUT2D eigenvalue weighted by Crippen LogP contribution is 2.42. The Morgan fingerprint density at radius 2 is 1.79 bits per heavy atom. The van der Waals surface area contributed by atoms with Crippen molar-refractivity contribution in [1.29, 1.82) is 0 Å². The Bertz CT molecular complexity index is 1470. The van der Waals surface area contributed by atoms with Gasteiger partial charge in [-0.3, -0.25) is 4.79 Å². The number of H-pyrrole nitrogens is 1. The number of para-hydroxylation sites is 1. The van der Waals surface area contributed by atoms with Gasteiger partial charge in [0, 0.05) is 10.0 Å². The Morgan fingerprint density at radius 3 is 2.52 bits per heavy atom. The molecule has 0 aliphatic carbocycles. The third-order valence-electron chi connectivity index (χ3n) is 4.98. The second kappa shape index (κ2) is 9.76. The number of aromatic amines is 1. The van der Waals surface area contributed by atoms with Gasteiger partial charge in [0.2, 0.25) is 0 Å². The molecule has 33 heavy (non-hydrogen) atoms. The highest BCUT2D eigenvalue weighted by molar-refractivity contribution is 9.13. The maximum Gasteiger partial charge on any atom is 0.349 e. The molecule has 0 bridgehead atoms. The van der Waals surface area contributed by atoms with Crippen molar-refractivity contribution in [2.75, 3.05) is 7.11 Å². The van der Waals surface area contributed by atoms with E-state index in [0.717, 1.165) is 10.2 Å². The number of halogens is 2. The van der Waals surface area contributed by atoms with Crippen LogP contribution in [0.1, 0.15) is 16.7 Å². The van der Waals surface area contributed by atoms with Gasteiger partial charge in [0.1, 0.15) is 6.61 Å². The number of aromatic nitrogens is 2. The molecule has 0 atom stereocenters. The number of rotatable bonds is 6. The third-order valence-corrected chi connectivity index (χ3v) is 7.12. The Labute approximate surface area is 205 Å². The van der Waals surface area contributed by atoms with E-state index in [0.29, 0.717) is 43.5 Å². The zero-order chi connectivity index (χ0) is 23.5. The lowest BCUT2D eigenvalue weighted by molar-refractivity contribution is 0.282. The molecular formula is C24H19Br2N3O4.